The summed E-state index contributed by atoms with van der Waals surface area (Å²) in [6.45, 7) is 1.20. The van der Waals surface area contributed by atoms with E-state index in [0.29, 0.717) is 5.69 Å². The van der Waals surface area contributed by atoms with Crippen molar-refractivity contribution in [1.82, 2.24) is 20.6 Å². The molecule has 0 aliphatic heterocycles. The van der Waals surface area contributed by atoms with Crippen molar-refractivity contribution in [2.45, 2.75) is 31.8 Å². The van der Waals surface area contributed by atoms with E-state index in [2.05, 4.69) is 20.6 Å². The highest BCUT2D eigenvalue weighted by molar-refractivity contribution is 7.52. The van der Waals surface area contributed by atoms with Crippen molar-refractivity contribution in [2.24, 2.45) is 0 Å². The number of ether oxygens (including phenoxy) is 1. The highest BCUT2D eigenvalue weighted by Crippen LogP contribution is 2.39. The van der Waals surface area contributed by atoms with Gasteiger partial charge in [0.15, 0.2) is 0 Å². The molecular formula is C16H21N4O6P. The molecule has 5 N–H and O–H groups in total. The molecule has 0 saturated carbocycles. The van der Waals surface area contributed by atoms with E-state index in [1.807, 2.05) is 6.07 Å². The molecule has 2 amide bonds. The summed E-state index contributed by atoms with van der Waals surface area (Å²) in [4.78, 5) is 49.3. The van der Waals surface area contributed by atoms with Crippen LogP contribution in [-0.2, 0) is 27.1 Å². The Balaban J connectivity index is 1.99. The Morgan fingerprint density at radius 2 is 1.96 bits per heavy atom. The Morgan fingerprint density at radius 1 is 1.26 bits per heavy atom. The summed E-state index contributed by atoms with van der Waals surface area (Å²) in [6, 6.07) is 7.88. The number of aromatic nitrogens is 2. The molecule has 146 valence electrons. The van der Waals surface area contributed by atoms with Crippen LogP contribution in [0.1, 0.15) is 18.2 Å². The van der Waals surface area contributed by atoms with Gasteiger partial charge in [0.25, 0.3) is 0 Å². The molecule has 0 saturated heterocycles. The lowest BCUT2D eigenvalue weighted by molar-refractivity contribution is -0.123. The van der Waals surface area contributed by atoms with E-state index in [-0.39, 0.29) is 13.0 Å². The standard InChI is InChI=1S/C16H21N4O6P/c1-11(27(23,24)25)19-15(21)14(7-13-8-17-10-18-13)20-16(22)26-9-12-5-3-2-4-6-12/h2-6,8,10-11,14H,7,9H2,1H3,(H,17,18)(H,19,21)(H,20,22)(H2,23,24,25)/t11-,14+/m1/s1. The third kappa shape index (κ3) is 6.86. The Kier molecular flexibility index (Phi) is 7.12. The number of benzene rings is 1. The molecule has 1 heterocycles. The second-order valence-electron chi connectivity index (χ2n) is 5.81. The van der Waals surface area contributed by atoms with Crippen molar-refractivity contribution < 1.29 is 28.7 Å². The van der Waals surface area contributed by atoms with E-state index < -0.39 is 31.4 Å². The first-order chi connectivity index (χ1) is 12.8. The van der Waals surface area contributed by atoms with E-state index >= 15 is 0 Å². The number of carbonyl (C=O) groups excluding carboxylic acids is 2. The lowest BCUT2D eigenvalue weighted by atomic mass is 10.1. The number of nitrogens with one attached hydrogen (secondary N) is 3. The Hall–Kier alpha value is -2.68. The fourth-order valence-corrected chi connectivity index (χ4v) is 2.42. The highest BCUT2D eigenvalue weighted by atomic mass is 31.2. The van der Waals surface area contributed by atoms with Gasteiger partial charge in [0.05, 0.1) is 6.33 Å². The number of carbonyl (C=O) groups is 2. The quantitative estimate of drug-likeness (QED) is 0.415. The highest BCUT2D eigenvalue weighted by Gasteiger charge is 2.30. The van der Waals surface area contributed by atoms with Crippen molar-refractivity contribution in [3.8, 4) is 0 Å². The molecule has 2 aromatic rings. The van der Waals surface area contributed by atoms with Gasteiger partial charge in [-0.25, -0.2) is 9.78 Å². The van der Waals surface area contributed by atoms with Crippen molar-refractivity contribution in [3.63, 3.8) is 0 Å². The second-order valence-corrected chi connectivity index (χ2v) is 7.77. The summed E-state index contributed by atoms with van der Waals surface area (Å²) in [6.07, 6.45) is 2.10. The molecule has 0 spiro atoms. The summed E-state index contributed by atoms with van der Waals surface area (Å²) in [5.41, 5.74) is 1.33. The van der Waals surface area contributed by atoms with Crippen LogP contribution in [0.4, 0.5) is 4.79 Å². The van der Waals surface area contributed by atoms with Crippen LogP contribution in [0.15, 0.2) is 42.9 Å². The Morgan fingerprint density at radius 3 is 2.56 bits per heavy atom. The number of hydrogen-bond acceptors (Lipinski definition) is 5. The number of nitrogens with zero attached hydrogens (tertiary/aromatic N) is 1. The number of rotatable bonds is 8. The van der Waals surface area contributed by atoms with Crippen molar-refractivity contribution in [3.05, 3.63) is 54.1 Å². The molecule has 1 aromatic heterocycles. The van der Waals surface area contributed by atoms with E-state index in [0.717, 1.165) is 5.56 Å². The SMILES string of the molecule is C[C@H](NC(=O)[C@H](Cc1cnc[nH]1)NC(=O)OCc1ccccc1)P(=O)(O)O. The van der Waals surface area contributed by atoms with Crippen LogP contribution in [0.2, 0.25) is 0 Å². The minimum Gasteiger partial charge on any atom is -0.445 e. The second kappa shape index (κ2) is 9.31. The maximum absolute atomic E-state index is 12.4. The molecular weight excluding hydrogens is 375 g/mol. The molecule has 0 bridgehead atoms. The first kappa shape index (κ1) is 20.6. The van der Waals surface area contributed by atoms with Crippen molar-refractivity contribution in [1.29, 1.82) is 0 Å². The van der Waals surface area contributed by atoms with Gasteiger partial charge in [-0.05, 0) is 12.5 Å². The largest absolute Gasteiger partial charge is 0.445 e. The van der Waals surface area contributed by atoms with Gasteiger partial charge in [-0.1, -0.05) is 30.3 Å². The molecule has 0 fully saturated rings. The minimum absolute atomic E-state index is 0.0178. The summed E-state index contributed by atoms with van der Waals surface area (Å²) in [5, 5.41) is 4.61. The van der Waals surface area contributed by atoms with E-state index in [9.17, 15) is 14.2 Å². The number of alkyl carbamates (subject to hydrolysis) is 1. The van der Waals surface area contributed by atoms with Gasteiger partial charge in [-0.15, -0.1) is 0 Å². The maximum atomic E-state index is 12.4. The van der Waals surface area contributed by atoms with Crippen LogP contribution in [0.5, 0.6) is 0 Å². The van der Waals surface area contributed by atoms with Gasteiger partial charge < -0.3 is 30.1 Å². The van der Waals surface area contributed by atoms with Gasteiger partial charge in [0.1, 0.15) is 18.4 Å². The summed E-state index contributed by atoms with van der Waals surface area (Å²) >= 11 is 0. The molecule has 1 aromatic carbocycles. The summed E-state index contributed by atoms with van der Waals surface area (Å²) < 4.78 is 16.3. The first-order valence-electron chi connectivity index (χ1n) is 8.05. The van der Waals surface area contributed by atoms with Crippen LogP contribution >= 0.6 is 7.60 Å². The third-order valence-corrected chi connectivity index (χ3v) is 4.79. The van der Waals surface area contributed by atoms with Gasteiger partial charge in [-0.2, -0.15) is 0 Å². The number of imidazole rings is 1. The van der Waals surface area contributed by atoms with Crippen molar-refractivity contribution >= 4 is 19.6 Å². The van der Waals surface area contributed by atoms with Gasteiger partial charge in [-0.3, -0.25) is 9.36 Å². The summed E-state index contributed by atoms with van der Waals surface area (Å²) in [5.74, 6) is -2.14. The average Bonchev–Trinajstić information content (AvgIpc) is 3.12. The zero-order valence-corrected chi connectivity index (χ0v) is 15.4. The lowest BCUT2D eigenvalue weighted by Gasteiger charge is -2.21. The zero-order valence-electron chi connectivity index (χ0n) is 14.5. The topological polar surface area (TPSA) is 154 Å². The first-order valence-corrected chi connectivity index (χ1v) is 9.74. The van der Waals surface area contributed by atoms with Crippen molar-refractivity contribution in [2.75, 3.05) is 0 Å². The minimum atomic E-state index is -4.50. The molecule has 0 aliphatic carbocycles. The predicted octanol–water partition coefficient (Wildman–Crippen LogP) is 0.887. The monoisotopic (exact) mass is 396 g/mol. The van der Waals surface area contributed by atoms with Crippen LogP contribution < -0.4 is 10.6 Å². The fourth-order valence-electron chi connectivity index (χ4n) is 2.12. The van der Waals surface area contributed by atoms with E-state index in [1.165, 1.54) is 19.4 Å². The smallest absolute Gasteiger partial charge is 0.408 e. The molecule has 0 unspecified atom stereocenters. The van der Waals surface area contributed by atoms with Crippen LogP contribution in [0.25, 0.3) is 0 Å². The molecule has 10 nitrogen and oxygen atoms in total. The summed E-state index contributed by atoms with van der Waals surface area (Å²) in [7, 11) is -4.50. The van der Waals surface area contributed by atoms with Crippen LogP contribution in [0, 0.1) is 0 Å². The molecule has 0 radical (unpaired) electrons. The Labute approximate surface area is 155 Å². The molecule has 27 heavy (non-hydrogen) atoms. The lowest BCUT2D eigenvalue weighted by Crippen LogP contribution is -2.50. The maximum Gasteiger partial charge on any atom is 0.408 e. The van der Waals surface area contributed by atoms with Crippen LogP contribution in [-0.4, -0.2) is 43.6 Å². The van der Waals surface area contributed by atoms with Gasteiger partial charge >= 0.3 is 13.7 Å². The predicted molar refractivity (Wildman–Crippen MR) is 95.5 cm³/mol. The Bertz CT molecular complexity index is 793. The molecule has 11 heteroatoms. The molecule has 2 rings (SSSR count). The van der Waals surface area contributed by atoms with Gasteiger partial charge in [0, 0.05) is 18.3 Å². The molecule has 2 atom stereocenters. The number of amides is 2. The number of aromatic amines is 1. The fraction of sp³-hybridized carbons (Fsp3) is 0.312. The third-order valence-electron chi connectivity index (χ3n) is 3.66. The average molecular weight is 396 g/mol. The van der Waals surface area contributed by atoms with E-state index in [4.69, 9.17) is 14.5 Å². The number of H-pyrrole nitrogens is 1. The van der Waals surface area contributed by atoms with Gasteiger partial charge in [0.2, 0.25) is 5.91 Å². The zero-order chi connectivity index (χ0) is 19.9. The van der Waals surface area contributed by atoms with E-state index in [1.54, 1.807) is 24.3 Å². The van der Waals surface area contributed by atoms with Crippen LogP contribution in [0.3, 0.4) is 0 Å². The molecule has 0 aliphatic rings. The normalized spacial score (nSPS) is 13.4. The number of hydrogen-bond donors (Lipinski definition) is 5.